The van der Waals surface area contributed by atoms with Crippen molar-refractivity contribution in [3.05, 3.63) is 83.4 Å². The highest BCUT2D eigenvalue weighted by Gasteiger charge is 2.59. The lowest BCUT2D eigenvalue weighted by molar-refractivity contribution is -0.149. The quantitative estimate of drug-likeness (QED) is 0.0818. The van der Waals surface area contributed by atoms with Gasteiger partial charge in [-0.15, -0.1) is 0 Å². The Kier molecular flexibility index (Phi) is 13.0. The lowest BCUT2D eigenvalue weighted by Crippen LogP contribution is -2.51. The van der Waals surface area contributed by atoms with Gasteiger partial charge in [-0.25, -0.2) is 9.59 Å². The van der Waals surface area contributed by atoms with Crippen LogP contribution in [0.25, 0.3) is 0 Å². The van der Waals surface area contributed by atoms with Gasteiger partial charge >= 0.3 is 18.0 Å². The van der Waals surface area contributed by atoms with E-state index in [1.54, 1.807) is 5.57 Å². The van der Waals surface area contributed by atoms with Crippen molar-refractivity contribution < 1.29 is 28.6 Å². The molecule has 53 heavy (non-hydrogen) atoms. The Morgan fingerprint density at radius 2 is 1.55 bits per heavy atom. The van der Waals surface area contributed by atoms with E-state index in [0.717, 1.165) is 74.1 Å². The monoisotopic (exact) mass is 726 g/mol. The smallest absolute Gasteiger partial charge is 0.408 e. The van der Waals surface area contributed by atoms with Gasteiger partial charge in [0.2, 0.25) is 0 Å². The van der Waals surface area contributed by atoms with Crippen molar-refractivity contribution in [1.82, 2.24) is 10.6 Å². The van der Waals surface area contributed by atoms with Crippen LogP contribution in [0, 0.1) is 40.4 Å². The van der Waals surface area contributed by atoms with E-state index in [1.807, 2.05) is 60.7 Å². The first-order valence-corrected chi connectivity index (χ1v) is 20.3. The Morgan fingerprint density at radius 1 is 0.849 bits per heavy atom. The van der Waals surface area contributed by atoms with Gasteiger partial charge in [-0.1, -0.05) is 93.1 Å². The fourth-order valence-corrected chi connectivity index (χ4v) is 11.0. The number of rotatable bonds is 15. The number of hydrogen-bond donors (Lipinski definition) is 2. The molecule has 6 rings (SSSR count). The predicted octanol–water partition coefficient (Wildman–Crippen LogP) is 8.93. The number of amides is 1. The van der Waals surface area contributed by atoms with Gasteiger partial charge in [0, 0.05) is 13.3 Å². The highest BCUT2D eigenvalue weighted by molar-refractivity contribution is 5.81. The fourth-order valence-electron chi connectivity index (χ4n) is 11.0. The molecule has 0 radical (unpaired) electrons. The third kappa shape index (κ3) is 9.36. The van der Waals surface area contributed by atoms with E-state index in [9.17, 15) is 14.4 Å². The number of benzene rings is 2. The third-order valence-corrected chi connectivity index (χ3v) is 13.7. The maximum absolute atomic E-state index is 13.1. The largest absolute Gasteiger partial charge is 0.462 e. The number of carbonyl (C=O) groups is 3. The van der Waals surface area contributed by atoms with E-state index in [0.29, 0.717) is 23.7 Å². The predicted molar refractivity (Wildman–Crippen MR) is 206 cm³/mol. The minimum atomic E-state index is -0.775. The maximum atomic E-state index is 13.1. The second kappa shape index (κ2) is 17.7. The normalized spacial score (nSPS) is 30.0. The van der Waals surface area contributed by atoms with Crippen LogP contribution in [0.15, 0.2) is 72.3 Å². The second-order valence-corrected chi connectivity index (χ2v) is 17.0. The minimum absolute atomic E-state index is 0.0509. The summed E-state index contributed by atoms with van der Waals surface area (Å²) in [6.45, 7) is 11.3. The van der Waals surface area contributed by atoms with Crippen molar-refractivity contribution in [2.24, 2.45) is 40.4 Å². The first-order valence-electron chi connectivity index (χ1n) is 20.3. The average Bonchev–Trinajstić information content (AvgIpc) is 3.52. The van der Waals surface area contributed by atoms with Gasteiger partial charge in [-0.2, -0.15) is 0 Å². The standard InChI is InChI=1S/C45H62N2O6/c1-31(38-20-21-39-37-19-18-35-27-36(53-32(2)48)22-24-44(35,3)40(37)23-25-45(38,39)4)28-46-26-12-11-17-41(42(49)51-29-33-13-7-5-8-14-33)47-43(50)52-30-34-15-9-6-10-16-34/h5-10,13-16,18,31,36-41,46H,11-12,17,19-30H2,1-4H3,(H,47,50)/t31-,36+,37+,38-,39+,40+,41+,44+,45-/m1/s1. The number of allylic oxidation sites excluding steroid dienone is 1. The molecule has 8 heteroatoms. The van der Waals surface area contributed by atoms with Crippen LogP contribution in [0.2, 0.25) is 0 Å². The van der Waals surface area contributed by atoms with E-state index >= 15 is 0 Å². The third-order valence-electron chi connectivity index (χ3n) is 13.7. The molecule has 0 aliphatic heterocycles. The minimum Gasteiger partial charge on any atom is -0.462 e. The number of esters is 2. The molecule has 2 N–H and O–H groups in total. The molecule has 0 unspecified atom stereocenters. The zero-order chi connectivity index (χ0) is 37.4. The molecule has 4 aliphatic rings. The first kappa shape index (κ1) is 39.1. The summed E-state index contributed by atoms with van der Waals surface area (Å²) < 4.78 is 16.7. The number of ether oxygens (including phenoxy) is 3. The summed E-state index contributed by atoms with van der Waals surface area (Å²) in [6, 6.07) is 18.3. The summed E-state index contributed by atoms with van der Waals surface area (Å²) in [5.74, 6) is 2.99. The molecule has 9 atom stereocenters. The van der Waals surface area contributed by atoms with Crippen LogP contribution >= 0.6 is 0 Å². The molecule has 0 saturated heterocycles. The van der Waals surface area contributed by atoms with Crippen molar-refractivity contribution in [3.63, 3.8) is 0 Å². The van der Waals surface area contributed by atoms with Crippen LogP contribution in [0.1, 0.15) is 109 Å². The lowest BCUT2D eigenvalue weighted by atomic mass is 9.47. The highest BCUT2D eigenvalue weighted by Crippen LogP contribution is 2.67. The number of nitrogens with one attached hydrogen (secondary N) is 2. The summed E-state index contributed by atoms with van der Waals surface area (Å²) in [5, 5.41) is 6.52. The van der Waals surface area contributed by atoms with E-state index in [4.69, 9.17) is 14.2 Å². The van der Waals surface area contributed by atoms with Gasteiger partial charge < -0.3 is 24.8 Å². The van der Waals surface area contributed by atoms with Gasteiger partial charge in [0.05, 0.1) is 0 Å². The first-order chi connectivity index (χ1) is 25.6. The summed E-state index contributed by atoms with van der Waals surface area (Å²) in [5.41, 5.74) is 3.98. The number of unbranched alkanes of at least 4 members (excludes halogenated alkanes) is 1. The van der Waals surface area contributed by atoms with Crippen molar-refractivity contribution >= 4 is 18.0 Å². The SMILES string of the molecule is CC(=O)O[C@H]1CC[C@@]2(C)C(=CC[C@H]3[C@@H]4CC[C@H]([C@H](C)CNCCCC[C@H](NC(=O)OCc5ccccc5)C(=O)OCc5ccccc5)[C@@]4(C)CC[C@@H]32)C1. The molecule has 2 aromatic rings. The maximum Gasteiger partial charge on any atom is 0.408 e. The zero-order valence-corrected chi connectivity index (χ0v) is 32.4. The van der Waals surface area contributed by atoms with E-state index in [2.05, 4.69) is 37.5 Å². The fraction of sp³-hybridized carbons (Fsp3) is 0.622. The molecule has 0 aromatic heterocycles. The van der Waals surface area contributed by atoms with Crippen molar-refractivity contribution in [3.8, 4) is 0 Å². The summed E-state index contributed by atoms with van der Waals surface area (Å²) in [7, 11) is 0. The molecule has 1 amide bonds. The van der Waals surface area contributed by atoms with Gasteiger partial charge in [-0.05, 0) is 129 Å². The number of alkyl carbamates (subject to hydrolysis) is 1. The Morgan fingerprint density at radius 3 is 2.25 bits per heavy atom. The van der Waals surface area contributed by atoms with Crippen LogP contribution in [0.5, 0.6) is 0 Å². The Hall–Kier alpha value is -3.65. The Bertz CT molecular complexity index is 1560. The average molecular weight is 727 g/mol. The Balaban J connectivity index is 0.959. The van der Waals surface area contributed by atoms with Gasteiger partial charge in [0.25, 0.3) is 0 Å². The summed E-state index contributed by atoms with van der Waals surface area (Å²) in [4.78, 5) is 37.5. The molecule has 8 nitrogen and oxygen atoms in total. The molecular weight excluding hydrogens is 665 g/mol. The van der Waals surface area contributed by atoms with Crippen LogP contribution in [0.4, 0.5) is 4.79 Å². The topological polar surface area (TPSA) is 103 Å². The van der Waals surface area contributed by atoms with Crippen molar-refractivity contribution in [1.29, 1.82) is 0 Å². The molecule has 3 fully saturated rings. The number of fused-ring (bicyclic) bond motifs is 5. The molecule has 0 heterocycles. The Labute approximate surface area is 317 Å². The molecule has 2 aromatic carbocycles. The van der Waals surface area contributed by atoms with Crippen LogP contribution in [-0.2, 0) is 37.0 Å². The second-order valence-electron chi connectivity index (χ2n) is 17.0. The summed E-state index contributed by atoms with van der Waals surface area (Å²) in [6.07, 6.45) is 13.6. The van der Waals surface area contributed by atoms with Crippen LogP contribution in [0.3, 0.4) is 0 Å². The van der Waals surface area contributed by atoms with Gasteiger partial charge in [0.1, 0.15) is 25.4 Å². The highest BCUT2D eigenvalue weighted by atomic mass is 16.6. The summed E-state index contributed by atoms with van der Waals surface area (Å²) >= 11 is 0. The lowest BCUT2D eigenvalue weighted by Gasteiger charge is -2.58. The molecule has 288 valence electrons. The van der Waals surface area contributed by atoms with E-state index in [1.165, 1.54) is 39.0 Å². The van der Waals surface area contributed by atoms with E-state index < -0.39 is 18.1 Å². The molecule has 0 bridgehead atoms. The van der Waals surface area contributed by atoms with Crippen molar-refractivity contribution in [2.45, 2.75) is 124 Å². The van der Waals surface area contributed by atoms with Crippen LogP contribution in [-0.4, -0.2) is 43.3 Å². The van der Waals surface area contributed by atoms with Gasteiger partial charge in [0.15, 0.2) is 0 Å². The van der Waals surface area contributed by atoms with Gasteiger partial charge in [-0.3, -0.25) is 4.79 Å². The van der Waals surface area contributed by atoms with E-state index in [-0.39, 0.29) is 30.7 Å². The molecule has 4 aliphatic carbocycles. The van der Waals surface area contributed by atoms with Crippen molar-refractivity contribution in [2.75, 3.05) is 13.1 Å². The molecule has 0 spiro atoms. The number of hydrogen-bond acceptors (Lipinski definition) is 7. The van der Waals surface area contributed by atoms with Crippen LogP contribution < -0.4 is 10.6 Å². The zero-order valence-electron chi connectivity index (χ0n) is 32.4. The molecule has 3 saturated carbocycles. The number of carbonyl (C=O) groups excluding carboxylic acids is 3. The molecular formula is C45H62N2O6.